The molecule has 0 aliphatic carbocycles. The highest BCUT2D eigenvalue weighted by atomic mass is 16.1. The van der Waals surface area contributed by atoms with E-state index in [4.69, 9.17) is 4.98 Å². The lowest BCUT2D eigenvalue weighted by molar-refractivity contribution is 0.102. The SMILES string of the molecule is CCc1cccc(C)c1NC(=O)c1c(C)c(-c2cc(C)ccc2C)nc2ccccc12. The molecule has 0 saturated heterocycles. The zero-order valence-corrected chi connectivity index (χ0v) is 18.8. The average molecular weight is 409 g/mol. The maximum absolute atomic E-state index is 13.7. The highest BCUT2D eigenvalue weighted by Crippen LogP contribution is 2.33. The van der Waals surface area contributed by atoms with Gasteiger partial charge in [-0.3, -0.25) is 4.79 Å². The summed E-state index contributed by atoms with van der Waals surface area (Å²) in [6.07, 6.45) is 0.862. The maximum Gasteiger partial charge on any atom is 0.256 e. The van der Waals surface area contributed by atoms with Crippen molar-refractivity contribution in [3.63, 3.8) is 0 Å². The number of nitrogens with one attached hydrogen (secondary N) is 1. The number of hydrogen-bond acceptors (Lipinski definition) is 2. The third-order valence-electron chi connectivity index (χ3n) is 5.99. The van der Waals surface area contributed by atoms with E-state index in [1.807, 2.05) is 50.2 Å². The van der Waals surface area contributed by atoms with Crippen LogP contribution >= 0.6 is 0 Å². The van der Waals surface area contributed by atoms with Crippen LogP contribution in [0.2, 0.25) is 0 Å². The molecule has 0 radical (unpaired) electrons. The Morgan fingerprint density at radius 2 is 1.68 bits per heavy atom. The molecule has 1 aromatic heterocycles. The minimum absolute atomic E-state index is 0.0911. The smallest absolute Gasteiger partial charge is 0.256 e. The van der Waals surface area contributed by atoms with Crippen LogP contribution in [0, 0.1) is 27.7 Å². The quantitative estimate of drug-likeness (QED) is 0.397. The van der Waals surface area contributed by atoms with E-state index in [1.165, 1.54) is 5.56 Å². The number of para-hydroxylation sites is 2. The van der Waals surface area contributed by atoms with E-state index in [1.54, 1.807) is 0 Å². The number of hydrogen-bond donors (Lipinski definition) is 1. The summed E-state index contributed by atoms with van der Waals surface area (Å²) in [6, 6.07) is 20.4. The Kier molecular flexibility index (Phi) is 5.60. The van der Waals surface area contributed by atoms with Gasteiger partial charge in [0.15, 0.2) is 0 Å². The Morgan fingerprint density at radius 1 is 0.903 bits per heavy atom. The first-order valence-electron chi connectivity index (χ1n) is 10.8. The molecule has 3 aromatic carbocycles. The standard InChI is InChI=1S/C28H28N2O/c1-6-21-11-9-10-19(4)26(21)30-28(31)25-20(5)27(23-16-17(2)14-15-18(23)3)29-24-13-8-7-12-22(24)25/h7-16H,6H2,1-5H3,(H,30,31). The number of pyridine rings is 1. The average Bonchev–Trinajstić information content (AvgIpc) is 2.76. The van der Waals surface area contributed by atoms with Crippen LogP contribution < -0.4 is 5.32 Å². The van der Waals surface area contributed by atoms with Crippen molar-refractivity contribution >= 4 is 22.5 Å². The first-order valence-corrected chi connectivity index (χ1v) is 10.8. The normalized spacial score (nSPS) is 11.0. The second-order valence-corrected chi connectivity index (χ2v) is 8.21. The van der Waals surface area contributed by atoms with Crippen LogP contribution in [-0.2, 0) is 6.42 Å². The number of aromatic nitrogens is 1. The van der Waals surface area contributed by atoms with Gasteiger partial charge < -0.3 is 5.32 Å². The number of carbonyl (C=O) groups excluding carboxylic acids is 1. The molecule has 1 heterocycles. The highest BCUT2D eigenvalue weighted by molar-refractivity contribution is 6.15. The number of carbonyl (C=O) groups is 1. The Morgan fingerprint density at radius 3 is 2.45 bits per heavy atom. The van der Waals surface area contributed by atoms with Crippen LogP contribution in [0.5, 0.6) is 0 Å². The minimum Gasteiger partial charge on any atom is -0.321 e. The van der Waals surface area contributed by atoms with Gasteiger partial charge in [-0.15, -0.1) is 0 Å². The topological polar surface area (TPSA) is 42.0 Å². The summed E-state index contributed by atoms with van der Waals surface area (Å²) in [7, 11) is 0. The van der Waals surface area contributed by atoms with Crippen molar-refractivity contribution in [2.24, 2.45) is 0 Å². The van der Waals surface area contributed by atoms with Crippen molar-refractivity contribution < 1.29 is 4.79 Å². The number of aryl methyl sites for hydroxylation is 4. The van der Waals surface area contributed by atoms with Crippen LogP contribution in [0.25, 0.3) is 22.2 Å². The minimum atomic E-state index is -0.0911. The van der Waals surface area contributed by atoms with Gasteiger partial charge in [0.2, 0.25) is 0 Å². The molecule has 0 spiro atoms. The summed E-state index contributed by atoms with van der Waals surface area (Å²) in [5.41, 5.74) is 9.79. The zero-order chi connectivity index (χ0) is 22.1. The Labute approximate surface area is 184 Å². The third-order valence-corrected chi connectivity index (χ3v) is 5.99. The van der Waals surface area contributed by atoms with Gasteiger partial charge in [0.05, 0.1) is 16.8 Å². The monoisotopic (exact) mass is 408 g/mol. The molecule has 0 aliphatic rings. The molecule has 0 atom stereocenters. The van der Waals surface area contributed by atoms with Crippen LogP contribution in [0.1, 0.15) is 45.1 Å². The fraction of sp³-hybridized carbons (Fsp3) is 0.214. The van der Waals surface area contributed by atoms with E-state index in [0.717, 1.165) is 56.5 Å². The molecule has 0 fully saturated rings. The number of amides is 1. The molecule has 1 N–H and O–H groups in total. The van der Waals surface area contributed by atoms with Crippen molar-refractivity contribution in [3.8, 4) is 11.3 Å². The van der Waals surface area contributed by atoms with Crippen molar-refractivity contribution in [2.75, 3.05) is 5.32 Å². The molecule has 1 amide bonds. The molecular weight excluding hydrogens is 380 g/mol. The Hall–Kier alpha value is -3.46. The van der Waals surface area contributed by atoms with Gasteiger partial charge in [-0.05, 0) is 68.5 Å². The predicted molar refractivity (Wildman–Crippen MR) is 130 cm³/mol. The molecule has 0 aliphatic heterocycles. The van der Waals surface area contributed by atoms with Crippen molar-refractivity contribution in [1.29, 1.82) is 0 Å². The lowest BCUT2D eigenvalue weighted by Crippen LogP contribution is -2.17. The van der Waals surface area contributed by atoms with Crippen LogP contribution in [-0.4, -0.2) is 10.9 Å². The predicted octanol–water partition coefficient (Wildman–Crippen LogP) is 6.95. The number of fused-ring (bicyclic) bond motifs is 1. The van der Waals surface area contributed by atoms with Crippen molar-refractivity contribution in [1.82, 2.24) is 4.98 Å². The first-order chi connectivity index (χ1) is 14.9. The van der Waals surface area contributed by atoms with Gasteiger partial charge in [0, 0.05) is 16.6 Å². The highest BCUT2D eigenvalue weighted by Gasteiger charge is 2.21. The van der Waals surface area contributed by atoms with Gasteiger partial charge in [0.1, 0.15) is 0 Å². The number of rotatable bonds is 4. The molecule has 3 heteroatoms. The van der Waals surface area contributed by atoms with Crippen molar-refractivity contribution in [2.45, 2.75) is 41.0 Å². The Bertz CT molecular complexity index is 1300. The fourth-order valence-electron chi connectivity index (χ4n) is 4.23. The summed E-state index contributed by atoms with van der Waals surface area (Å²) >= 11 is 0. The molecule has 156 valence electrons. The van der Waals surface area contributed by atoms with Crippen LogP contribution in [0.4, 0.5) is 5.69 Å². The van der Waals surface area contributed by atoms with E-state index >= 15 is 0 Å². The van der Waals surface area contributed by atoms with Gasteiger partial charge in [-0.25, -0.2) is 4.98 Å². The summed E-state index contributed by atoms with van der Waals surface area (Å²) in [5, 5.41) is 4.09. The molecule has 4 rings (SSSR count). The molecule has 0 unspecified atom stereocenters. The molecule has 31 heavy (non-hydrogen) atoms. The second kappa shape index (κ2) is 8.35. The third kappa shape index (κ3) is 3.84. The van der Waals surface area contributed by atoms with Gasteiger partial charge in [0.25, 0.3) is 5.91 Å². The first kappa shape index (κ1) is 20.8. The summed E-state index contributed by atoms with van der Waals surface area (Å²) in [4.78, 5) is 18.6. The van der Waals surface area contributed by atoms with E-state index in [9.17, 15) is 4.79 Å². The number of anilines is 1. The molecule has 0 bridgehead atoms. The van der Waals surface area contributed by atoms with Crippen LogP contribution in [0.3, 0.4) is 0 Å². The van der Waals surface area contributed by atoms with E-state index in [0.29, 0.717) is 5.56 Å². The lowest BCUT2D eigenvalue weighted by Gasteiger charge is -2.18. The van der Waals surface area contributed by atoms with Crippen LogP contribution in [0.15, 0.2) is 60.7 Å². The van der Waals surface area contributed by atoms with E-state index in [-0.39, 0.29) is 5.91 Å². The molecule has 4 aromatic rings. The largest absolute Gasteiger partial charge is 0.321 e. The maximum atomic E-state index is 13.7. The van der Waals surface area contributed by atoms with Gasteiger partial charge in [-0.2, -0.15) is 0 Å². The zero-order valence-electron chi connectivity index (χ0n) is 18.8. The number of benzene rings is 3. The van der Waals surface area contributed by atoms with Gasteiger partial charge >= 0.3 is 0 Å². The summed E-state index contributed by atoms with van der Waals surface area (Å²) < 4.78 is 0. The summed E-state index contributed by atoms with van der Waals surface area (Å²) in [6.45, 7) is 10.3. The fourth-order valence-corrected chi connectivity index (χ4v) is 4.23. The second-order valence-electron chi connectivity index (χ2n) is 8.21. The summed E-state index contributed by atoms with van der Waals surface area (Å²) in [5.74, 6) is -0.0911. The Balaban J connectivity index is 1.93. The molecule has 0 saturated carbocycles. The van der Waals surface area contributed by atoms with E-state index < -0.39 is 0 Å². The molecular formula is C28H28N2O. The van der Waals surface area contributed by atoms with Crippen molar-refractivity contribution in [3.05, 3.63) is 94.0 Å². The van der Waals surface area contributed by atoms with E-state index in [2.05, 4.69) is 50.4 Å². The number of nitrogens with zero attached hydrogens (tertiary/aromatic N) is 1. The van der Waals surface area contributed by atoms with Gasteiger partial charge in [-0.1, -0.05) is 61.0 Å². The molecule has 3 nitrogen and oxygen atoms in total. The lowest BCUT2D eigenvalue weighted by atomic mass is 9.94.